The minimum absolute atomic E-state index is 0. The number of nitrogens with zero attached hydrogens (tertiary/aromatic N) is 2. The Hall–Kier alpha value is -3.89. The summed E-state index contributed by atoms with van der Waals surface area (Å²) in [4.78, 5) is 40.0. The van der Waals surface area contributed by atoms with E-state index in [9.17, 15) is 19.8 Å². The first-order valence-electron chi connectivity index (χ1n) is 13.9. The van der Waals surface area contributed by atoms with Gasteiger partial charge < -0.3 is 45.0 Å². The first kappa shape index (κ1) is 37.3. The van der Waals surface area contributed by atoms with Crippen molar-refractivity contribution in [3.63, 3.8) is 0 Å². The van der Waals surface area contributed by atoms with Gasteiger partial charge in [-0.2, -0.15) is 0 Å². The number of fused-ring (bicyclic) bond motifs is 8. The quantitative estimate of drug-likeness (QED) is 0.283. The number of hydrogen-bond donors (Lipinski definition) is 4. The van der Waals surface area contributed by atoms with Crippen LogP contribution in [0.25, 0.3) is 50.4 Å². The van der Waals surface area contributed by atoms with E-state index in [1.165, 1.54) is 0 Å². The van der Waals surface area contributed by atoms with Gasteiger partial charge in [0.05, 0.1) is 22.8 Å². The molecule has 5 rings (SSSR count). The molecule has 0 saturated carbocycles. The van der Waals surface area contributed by atoms with Crippen molar-refractivity contribution in [2.75, 3.05) is 0 Å². The van der Waals surface area contributed by atoms with Crippen molar-refractivity contribution < 1.29 is 61.4 Å². The van der Waals surface area contributed by atoms with Crippen molar-refractivity contribution in [2.24, 2.45) is 0 Å². The van der Waals surface area contributed by atoms with Gasteiger partial charge in [-0.05, 0) is 98.2 Å². The molecule has 0 fully saturated rings. The summed E-state index contributed by atoms with van der Waals surface area (Å²) >= 11 is 0. The Labute approximate surface area is 284 Å². The Morgan fingerprint density at radius 1 is 0.711 bits per heavy atom. The first-order valence-corrected chi connectivity index (χ1v) is 13.9. The van der Waals surface area contributed by atoms with Gasteiger partial charge in [-0.1, -0.05) is 25.3 Å². The second-order valence-electron chi connectivity index (χ2n) is 10.7. The number of rotatable bonds is 8. The molecule has 0 amide bonds. The number of aryl methyl sites for hydroxylation is 3. The number of aliphatic carboxylic acids is 2. The molecule has 237 valence electrons. The summed E-state index contributed by atoms with van der Waals surface area (Å²) in [5, 5.41) is 18.9. The fourth-order valence-corrected chi connectivity index (χ4v) is 5.77. The Balaban J connectivity index is 0.00000235. The van der Waals surface area contributed by atoms with Gasteiger partial charge in [0.2, 0.25) is 0 Å². The number of carboxylic acids is 2. The SMILES string of the molecule is C=CC1=C(C)c2cc3nc(cc4[nH]c(cc5[nH]c(cc1n2)c(C)c5C=C)c(C)c4CCC(=O)O)C(CCC(=O)O)=C3C.[Cl-].[Cl-].[Co+2]. The van der Waals surface area contributed by atoms with Crippen LogP contribution in [0.1, 0.15) is 78.1 Å². The van der Waals surface area contributed by atoms with Gasteiger partial charge in [-0.3, -0.25) is 9.59 Å². The van der Waals surface area contributed by atoms with Crippen LogP contribution in [-0.2, 0) is 32.8 Å². The fourth-order valence-electron chi connectivity index (χ4n) is 5.77. The molecule has 0 spiro atoms. The van der Waals surface area contributed by atoms with Gasteiger partial charge >= 0.3 is 28.7 Å². The van der Waals surface area contributed by atoms with Gasteiger partial charge in [0.1, 0.15) is 0 Å². The molecule has 1 radical (unpaired) electrons. The maximum atomic E-state index is 11.5. The van der Waals surface area contributed by atoms with Crippen LogP contribution < -0.4 is 24.8 Å². The molecule has 8 bridgehead atoms. The third kappa shape index (κ3) is 7.17. The Morgan fingerprint density at radius 3 is 1.89 bits per heavy atom. The normalized spacial score (nSPS) is 12.2. The van der Waals surface area contributed by atoms with Gasteiger partial charge in [0.15, 0.2) is 0 Å². The Bertz CT molecular complexity index is 1940. The molecule has 0 aromatic carbocycles. The van der Waals surface area contributed by atoms with E-state index in [1.807, 2.05) is 64.1 Å². The summed E-state index contributed by atoms with van der Waals surface area (Å²) in [5.41, 5.74) is 13.7. The molecule has 3 aromatic heterocycles. The van der Waals surface area contributed by atoms with Crippen LogP contribution in [0.3, 0.4) is 0 Å². The second-order valence-corrected chi connectivity index (χ2v) is 10.7. The number of aromatic nitrogens is 4. The Kier molecular flexibility index (Phi) is 12.4. The summed E-state index contributed by atoms with van der Waals surface area (Å²) in [6, 6.07) is 7.88. The number of hydrogen-bond acceptors (Lipinski definition) is 4. The van der Waals surface area contributed by atoms with Crippen LogP contribution in [0.5, 0.6) is 0 Å². The van der Waals surface area contributed by atoms with E-state index in [1.54, 1.807) is 0 Å². The van der Waals surface area contributed by atoms with Crippen molar-refractivity contribution >= 4 is 62.4 Å². The van der Waals surface area contributed by atoms with Crippen LogP contribution in [0.4, 0.5) is 0 Å². The largest absolute Gasteiger partial charge is 2.00 e. The van der Waals surface area contributed by atoms with Crippen LogP contribution in [0.15, 0.2) is 43.5 Å². The number of aromatic amines is 2. The van der Waals surface area contributed by atoms with Crippen LogP contribution in [0, 0.1) is 13.8 Å². The maximum absolute atomic E-state index is 11.5. The van der Waals surface area contributed by atoms with Crippen molar-refractivity contribution in [1.82, 2.24) is 19.9 Å². The summed E-state index contributed by atoms with van der Waals surface area (Å²) < 4.78 is 0. The van der Waals surface area contributed by atoms with E-state index in [0.29, 0.717) is 24.2 Å². The number of carboxylic acid groups (broad SMARTS) is 2. The second kappa shape index (κ2) is 14.9. The average molecular weight is 693 g/mol. The molecule has 45 heavy (non-hydrogen) atoms. The molecule has 8 nitrogen and oxygen atoms in total. The molecule has 2 aliphatic heterocycles. The van der Waals surface area contributed by atoms with Crippen LogP contribution in [-0.4, -0.2) is 42.1 Å². The maximum Gasteiger partial charge on any atom is 2.00 e. The van der Waals surface area contributed by atoms with E-state index >= 15 is 0 Å². The monoisotopic (exact) mass is 691 g/mol. The fraction of sp³-hybridized carbons (Fsp3) is 0.235. The topological polar surface area (TPSA) is 132 Å². The predicted molar refractivity (Wildman–Crippen MR) is 169 cm³/mol. The zero-order chi connectivity index (χ0) is 30.3. The molecular weight excluding hydrogens is 658 g/mol. The van der Waals surface area contributed by atoms with Crippen molar-refractivity contribution in [2.45, 2.75) is 53.4 Å². The molecule has 5 heterocycles. The van der Waals surface area contributed by atoms with Gasteiger partial charge in [-0.15, -0.1) is 0 Å². The molecule has 0 saturated heterocycles. The van der Waals surface area contributed by atoms with Gasteiger partial charge in [-0.25, -0.2) is 9.97 Å². The molecule has 0 unspecified atom stereocenters. The minimum atomic E-state index is -0.886. The average Bonchev–Trinajstić information content (AvgIpc) is 3.59. The van der Waals surface area contributed by atoms with Crippen LogP contribution in [0.2, 0.25) is 0 Å². The van der Waals surface area contributed by atoms with Crippen molar-refractivity contribution in [1.29, 1.82) is 0 Å². The van der Waals surface area contributed by atoms with E-state index in [4.69, 9.17) is 9.97 Å². The summed E-state index contributed by atoms with van der Waals surface area (Å²) in [6.07, 6.45) is 4.22. The molecule has 2 aliphatic rings. The number of H-pyrrole nitrogens is 2. The molecule has 4 N–H and O–H groups in total. The number of nitrogens with one attached hydrogen (secondary N) is 2. The molecular formula is C34H34Cl2CoN4O4. The minimum Gasteiger partial charge on any atom is -1.00 e. The standard InChI is InChI=1S/C34H34N4O4.2ClH.Co/c1-7-21-17(3)25-13-26-19(5)23(9-11-33(39)40)31(37-26)16-32-24(10-12-34(41)42)20(6)28(38-32)15-30-22(8-2)18(4)27(36-30)14-29(21)35-25;;;/h7-8,13-16,36,38H,1-2,9-12H2,3-6H3,(H,39,40)(H,41,42);2*1H;/q;;;+2/p-2. The van der Waals surface area contributed by atoms with E-state index in [2.05, 4.69) is 23.1 Å². The summed E-state index contributed by atoms with van der Waals surface area (Å²) in [5.74, 6) is -1.76. The number of allylic oxidation sites excluding steroid dienone is 5. The third-order valence-corrected chi connectivity index (χ3v) is 8.22. The number of carbonyl (C=O) groups is 2. The Morgan fingerprint density at radius 2 is 1.27 bits per heavy atom. The van der Waals surface area contributed by atoms with E-state index in [-0.39, 0.29) is 54.4 Å². The zero-order valence-electron chi connectivity index (χ0n) is 25.4. The molecule has 0 atom stereocenters. The van der Waals surface area contributed by atoms with E-state index in [0.717, 1.165) is 78.0 Å². The van der Waals surface area contributed by atoms with Crippen LogP contribution >= 0.6 is 0 Å². The van der Waals surface area contributed by atoms with Crippen molar-refractivity contribution in [3.05, 3.63) is 88.5 Å². The first-order chi connectivity index (χ1) is 20.0. The zero-order valence-corrected chi connectivity index (χ0v) is 28.0. The van der Waals surface area contributed by atoms with E-state index < -0.39 is 11.9 Å². The third-order valence-electron chi connectivity index (χ3n) is 8.22. The van der Waals surface area contributed by atoms with Gasteiger partial charge in [0, 0.05) is 46.0 Å². The molecule has 3 aromatic rings. The molecule has 0 aliphatic carbocycles. The molecule has 11 heteroatoms. The summed E-state index contributed by atoms with van der Waals surface area (Å²) in [7, 11) is 0. The van der Waals surface area contributed by atoms with Crippen molar-refractivity contribution in [3.8, 4) is 0 Å². The summed E-state index contributed by atoms with van der Waals surface area (Å²) in [6.45, 7) is 16.0. The van der Waals surface area contributed by atoms with Gasteiger partial charge in [0.25, 0.3) is 0 Å². The number of halogens is 2. The smallest absolute Gasteiger partial charge is 1.00 e. The predicted octanol–water partition coefficient (Wildman–Crippen LogP) is 1.51.